The number of rotatable bonds is 5. The summed E-state index contributed by atoms with van der Waals surface area (Å²) in [7, 11) is 1.58. The monoisotopic (exact) mass is 362 g/mol. The van der Waals surface area contributed by atoms with Crippen LogP contribution in [0.15, 0.2) is 53.4 Å². The van der Waals surface area contributed by atoms with Crippen LogP contribution in [0, 0.1) is 0 Å². The summed E-state index contributed by atoms with van der Waals surface area (Å²) in [5.74, 6) is 0.0769. The highest BCUT2D eigenvalue weighted by molar-refractivity contribution is 8.01. The van der Waals surface area contributed by atoms with Gasteiger partial charge < -0.3 is 4.74 Å². The highest BCUT2D eigenvalue weighted by Gasteiger charge is 2.40. The van der Waals surface area contributed by atoms with Crippen molar-refractivity contribution in [3.05, 3.63) is 59.1 Å². The van der Waals surface area contributed by atoms with Crippen LogP contribution in [0.2, 0.25) is 5.02 Å². The lowest BCUT2D eigenvalue weighted by atomic mass is 10.2. The van der Waals surface area contributed by atoms with Gasteiger partial charge in [0.2, 0.25) is 0 Å². The lowest BCUT2D eigenvalue weighted by Gasteiger charge is -2.16. The van der Waals surface area contributed by atoms with Crippen molar-refractivity contribution in [2.75, 3.05) is 7.11 Å². The first kappa shape index (κ1) is 16.7. The van der Waals surface area contributed by atoms with Crippen LogP contribution in [0.1, 0.15) is 5.56 Å². The maximum atomic E-state index is 12.5. The van der Waals surface area contributed by atoms with Crippen LogP contribution >= 0.6 is 23.4 Å². The summed E-state index contributed by atoms with van der Waals surface area (Å²) < 4.78 is 5.17. The van der Waals surface area contributed by atoms with E-state index in [4.69, 9.17) is 16.3 Å². The molecule has 1 fully saturated rings. The number of thioether (sulfide) groups is 1. The highest BCUT2D eigenvalue weighted by Crippen LogP contribution is 2.33. The number of hydrogen-bond acceptors (Lipinski definition) is 4. The molecule has 1 atom stereocenters. The molecule has 0 saturated carbocycles. The van der Waals surface area contributed by atoms with Gasteiger partial charge in [0.25, 0.3) is 11.8 Å². The Morgan fingerprint density at radius 2 is 2.00 bits per heavy atom. The number of carbonyl (C=O) groups excluding carboxylic acids is 2. The Morgan fingerprint density at radius 1 is 1.21 bits per heavy atom. The van der Waals surface area contributed by atoms with Crippen molar-refractivity contribution in [1.82, 2.24) is 10.4 Å². The molecule has 0 radical (unpaired) electrons. The van der Waals surface area contributed by atoms with Gasteiger partial charge in [-0.2, -0.15) is 0 Å². The van der Waals surface area contributed by atoms with Crippen LogP contribution in [0.4, 0.5) is 0 Å². The fourth-order valence-corrected chi connectivity index (χ4v) is 3.59. The SMILES string of the molecule is COc1cccc(CN2NC(=O)C(Sc3ccccc3Cl)C2=O)c1. The average Bonchev–Trinajstić information content (AvgIpc) is 2.84. The fraction of sp³-hybridized carbons (Fsp3) is 0.176. The van der Waals surface area contributed by atoms with Gasteiger partial charge >= 0.3 is 0 Å². The molecule has 2 aromatic carbocycles. The molecule has 124 valence electrons. The smallest absolute Gasteiger partial charge is 0.264 e. The summed E-state index contributed by atoms with van der Waals surface area (Å²) in [6, 6.07) is 14.5. The number of methoxy groups -OCH3 is 1. The summed E-state index contributed by atoms with van der Waals surface area (Å²) in [5.41, 5.74) is 3.49. The molecule has 1 unspecified atom stereocenters. The zero-order valence-electron chi connectivity index (χ0n) is 12.9. The van der Waals surface area contributed by atoms with Gasteiger partial charge in [-0.05, 0) is 29.8 Å². The number of halogens is 1. The molecule has 1 N–H and O–H groups in total. The van der Waals surface area contributed by atoms with Crippen molar-refractivity contribution in [2.45, 2.75) is 16.7 Å². The molecule has 3 rings (SSSR count). The predicted octanol–water partition coefficient (Wildman–Crippen LogP) is 2.88. The number of amides is 2. The Bertz CT molecular complexity index is 784. The van der Waals surface area contributed by atoms with Gasteiger partial charge in [0.1, 0.15) is 5.75 Å². The van der Waals surface area contributed by atoms with E-state index in [0.717, 1.165) is 17.3 Å². The zero-order chi connectivity index (χ0) is 17.1. The van der Waals surface area contributed by atoms with E-state index in [2.05, 4.69) is 5.43 Å². The minimum absolute atomic E-state index is 0.279. The van der Waals surface area contributed by atoms with Crippen LogP contribution in [0.5, 0.6) is 5.75 Å². The van der Waals surface area contributed by atoms with Gasteiger partial charge in [0.05, 0.1) is 18.7 Å². The molecule has 24 heavy (non-hydrogen) atoms. The number of hydrogen-bond donors (Lipinski definition) is 1. The lowest BCUT2D eigenvalue weighted by Crippen LogP contribution is -2.35. The van der Waals surface area contributed by atoms with Crippen molar-refractivity contribution in [3.63, 3.8) is 0 Å². The number of carbonyl (C=O) groups is 2. The first-order valence-electron chi connectivity index (χ1n) is 7.24. The largest absolute Gasteiger partial charge is 0.497 e. The molecule has 1 heterocycles. The molecule has 7 heteroatoms. The Hall–Kier alpha value is -2.18. The third kappa shape index (κ3) is 3.49. The molecule has 5 nitrogen and oxygen atoms in total. The van der Waals surface area contributed by atoms with E-state index in [0.29, 0.717) is 15.7 Å². The number of nitrogens with zero attached hydrogens (tertiary/aromatic N) is 1. The summed E-state index contributed by atoms with van der Waals surface area (Å²) in [6.07, 6.45) is 0. The van der Waals surface area contributed by atoms with Crippen molar-refractivity contribution in [2.24, 2.45) is 0 Å². The Balaban J connectivity index is 1.73. The number of nitrogens with one attached hydrogen (secondary N) is 1. The molecule has 1 aliphatic heterocycles. The predicted molar refractivity (Wildman–Crippen MR) is 92.8 cm³/mol. The second kappa shape index (κ2) is 7.15. The molecule has 0 spiro atoms. The molecule has 0 bridgehead atoms. The van der Waals surface area contributed by atoms with Crippen molar-refractivity contribution >= 4 is 35.2 Å². The van der Waals surface area contributed by atoms with E-state index < -0.39 is 5.25 Å². The standard InChI is InChI=1S/C17H15ClN2O3S/c1-23-12-6-4-5-11(9-12)10-20-17(22)15(16(21)19-20)24-14-8-3-2-7-13(14)18/h2-9,15H,10H2,1H3,(H,19,21). The Labute approximate surface area is 148 Å². The zero-order valence-corrected chi connectivity index (χ0v) is 14.4. The van der Waals surface area contributed by atoms with Crippen molar-refractivity contribution < 1.29 is 14.3 Å². The van der Waals surface area contributed by atoms with Crippen LogP contribution in [-0.4, -0.2) is 29.2 Å². The number of benzene rings is 2. The Morgan fingerprint density at radius 3 is 2.75 bits per heavy atom. The van der Waals surface area contributed by atoms with Crippen LogP contribution in [0.25, 0.3) is 0 Å². The third-order valence-electron chi connectivity index (χ3n) is 3.53. The van der Waals surface area contributed by atoms with Crippen molar-refractivity contribution in [3.8, 4) is 5.75 Å². The summed E-state index contributed by atoms with van der Waals surface area (Å²) in [4.78, 5) is 25.4. The van der Waals surface area contributed by atoms with E-state index in [1.807, 2.05) is 30.3 Å². The van der Waals surface area contributed by atoms with E-state index in [9.17, 15) is 9.59 Å². The molecule has 2 amide bonds. The molecule has 1 aliphatic rings. The van der Waals surface area contributed by atoms with Crippen LogP contribution in [0.3, 0.4) is 0 Å². The van der Waals surface area contributed by atoms with E-state index in [1.165, 1.54) is 5.01 Å². The lowest BCUT2D eigenvalue weighted by molar-refractivity contribution is -0.130. The van der Waals surface area contributed by atoms with Crippen LogP contribution < -0.4 is 10.2 Å². The second-order valence-electron chi connectivity index (χ2n) is 5.18. The van der Waals surface area contributed by atoms with Crippen molar-refractivity contribution in [1.29, 1.82) is 0 Å². The normalized spacial score (nSPS) is 17.1. The van der Waals surface area contributed by atoms with Gasteiger partial charge in [-0.1, -0.05) is 35.9 Å². The average molecular weight is 363 g/mol. The number of hydrazine groups is 1. The molecule has 0 aromatic heterocycles. The molecule has 0 aliphatic carbocycles. The third-order valence-corrected chi connectivity index (χ3v) is 5.23. The van der Waals surface area contributed by atoms with E-state index in [-0.39, 0.29) is 18.4 Å². The van der Waals surface area contributed by atoms with Crippen LogP contribution in [-0.2, 0) is 16.1 Å². The molecular formula is C17H15ClN2O3S. The van der Waals surface area contributed by atoms with E-state index in [1.54, 1.807) is 25.3 Å². The highest BCUT2D eigenvalue weighted by atomic mass is 35.5. The molecule has 2 aromatic rings. The quantitative estimate of drug-likeness (QED) is 0.831. The van der Waals surface area contributed by atoms with Gasteiger partial charge in [-0.25, -0.2) is 5.01 Å². The second-order valence-corrected chi connectivity index (χ2v) is 6.73. The summed E-state index contributed by atoms with van der Waals surface area (Å²) in [6.45, 7) is 0.279. The topological polar surface area (TPSA) is 58.6 Å². The molecular weight excluding hydrogens is 348 g/mol. The maximum absolute atomic E-state index is 12.5. The maximum Gasteiger partial charge on any atom is 0.264 e. The first-order valence-corrected chi connectivity index (χ1v) is 8.50. The van der Waals surface area contributed by atoms with Gasteiger partial charge in [-0.3, -0.25) is 15.0 Å². The van der Waals surface area contributed by atoms with Gasteiger partial charge in [0.15, 0.2) is 5.25 Å². The summed E-state index contributed by atoms with van der Waals surface area (Å²) >= 11 is 7.26. The fourth-order valence-electron chi connectivity index (χ4n) is 2.34. The number of ether oxygens (including phenoxy) is 1. The minimum atomic E-state index is -0.837. The Kier molecular flexibility index (Phi) is 4.97. The van der Waals surface area contributed by atoms with Gasteiger partial charge in [-0.15, -0.1) is 11.8 Å². The molecule has 1 saturated heterocycles. The first-order chi connectivity index (χ1) is 11.6. The van der Waals surface area contributed by atoms with E-state index >= 15 is 0 Å². The van der Waals surface area contributed by atoms with Gasteiger partial charge in [0, 0.05) is 4.90 Å². The minimum Gasteiger partial charge on any atom is -0.497 e. The summed E-state index contributed by atoms with van der Waals surface area (Å²) in [5, 5.41) is 1.01.